The molecular formula is C14H18N2O2. The predicted octanol–water partition coefficient (Wildman–Crippen LogP) is 2.51. The fourth-order valence-corrected chi connectivity index (χ4v) is 4.91. The maximum atomic E-state index is 11.4. The summed E-state index contributed by atoms with van der Waals surface area (Å²) in [5.74, 6) is 1.80. The quantitative estimate of drug-likeness (QED) is 0.828. The zero-order valence-corrected chi connectivity index (χ0v) is 10.6. The Morgan fingerprint density at radius 1 is 1.17 bits per heavy atom. The molecule has 2 saturated carbocycles. The van der Waals surface area contributed by atoms with E-state index in [1.165, 1.54) is 37.8 Å². The number of nitrogens with zero attached hydrogens (tertiary/aromatic N) is 2. The van der Waals surface area contributed by atoms with Gasteiger partial charge in [0.1, 0.15) is 0 Å². The van der Waals surface area contributed by atoms with Crippen LogP contribution in [0.2, 0.25) is 0 Å². The van der Waals surface area contributed by atoms with Crippen LogP contribution in [0.5, 0.6) is 0 Å². The fourth-order valence-electron chi connectivity index (χ4n) is 4.91. The Hall–Kier alpha value is -1.32. The molecule has 96 valence electrons. The smallest absolute Gasteiger partial charge is 0.356 e. The third kappa shape index (κ3) is 1.26. The van der Waals surface area contributed by atoms with Gasteiger partial charge in [0, 0.05) is 24.2 Å². The molecule has 0 spiro atoms. The minimum atomic E-state index is -0.854. The lowest BCUT2D eigenvalue weighted by atomic mass is 9.67. The maximum Gasteiger partial charge on any atom is 0.356 e. The minimum absolute atomic E-state index is 0.325. The van der Waals surface area contributed by atoms with Gasteiger partial charge in [-0.1, -0.05) is 0 Å². The van der Waals surface area contributed by atoms with Gasteiger partial charge >= 0.3 is 5.97 Å². The summed E-state index contributed by atoms with van der Waals surface area (Å²) in [5, 5.41) is 13.6. The number of carboxylic acids is 1. The van der Waals surface area contributed by atoms with Crippen LogP contribution in [0.3, 0.4) is 0 Å². The van der Waals surface area contributed by atoms with Crippen LogP contribution < -0.4 is 0 Å². The molecule has 2 fully saturated rings. The molecule has 1 N–H and O–H groups in total. The van der Waals surface area contributed by atoms with E-state index in [1.807, 2.05) is 11.7 Å². The van der Waals surface area contributed by atoms with Gasteiger partial charge in [-0.2, -0.15) is 5.10 Å². The molecular weight excluding hydrogens is 228 g/mol. The van der Waals surface area contributed by atoms with Gasteiger partial charge < -0.3 is 5.11 Å². The number of hydrogen-bond donors (Lipinski definition) is 1. The van der Waals surface area contributed by atoms with Crippen LogP contribution in [0, 0.1) is 11.8 Å². The summed E-state index contributed by atoms with van der Waals surface area (Å²) in [4.78, 5) is 11.4. The highest BCUT2D eigenvalue weighted by atomic mass is 16.4. The molecule has 4 aliphatic carbocycles. The first kappa shape index (κ1) is 10.6. The van der Waals surface area contributed by atoms with Gasteiger partial charge in [-0.05, 0) is 49.9 Å². The Morgan fingerprint density at radius 2 is 1.78 bits per heavy atom. The van der Waals surface area contributed by atoms with E-state index in [0.29, 0.717) is 17.5 Å². The van der Waals surface area contributed by atoms with E-state index in [4.69, 9.17) is 0 Å². The predicted molar refractivity (Wildman–Crippen MR) is 65.7 cm³/mol. The van der Waals surface area contributed by atoms with Crippen molar-refractivity contribution in [2.24, 2.45) is 18.9 Å². The van der Waals surface area contributed by atoms with Crippen molar-refractivity contribution in [1.82, 2.24) is 9.78 Å². The fraction of sp³-hybridized carbons (Fsp3) is 0.714. The van der Waals surface area contributed by atoms with Crippen molar-refractivity contribution < 1.29 is 9.90 Å². The summed E-state index contributed by atoms with van der Waals surface area (Å²) in [7, 11) is 1.91. The molecule has 4 bridgehead atoms. The molecule has 0 amide bonds. The summed E-state index contributed by atoms with van der Waals surface area (Å²) in [6.07, 6.45) is 6.24. The first-order chi connectivity index (χ1) is 8.63. The summed E-state index contributed by atoms with van der Waals surface area (Å²) in [6.45, 7) is 0. The molecule has 2 atom stereocenters. The van der Waals surface area contributed by atoms with Crippen molar-refractivity contribution in [3.63, 3.8) is 0 Å². The number of aromatic carboxylic acids is 1. The van der Waals surface area contributed by atoms with Crippen LogP contribution >= 0.6 is 0 Å². The van der Waals surface area contributed by atoms with E-state index in [-0.39, 0.29) is 0 Å². The summed E-state index contributed by atoms with van der Waals surface area (Å²) >= 11 is 0. The van der Waals surface area contributed by atoms with Crippen LogP contribution in [0.1, 0.15) is 65.7 Å². The molecule has 4 nitrogen and oxygen atoms in total. The van der Waals surface area contributed by atoms with Crippen molar-refractivity contribution in [2.75, 3.05) is 0 Å². The number of carbonyl (C=O) groups is 1. The molecule has 2 unspecified atom stereocenters. The van der Waals surface area contributed by atoms with Gasteiger partial charge in [-0.15, -0.1) is 0 Å². The molecule has 1 aromatic rings. The van der Waals surface area contributed by atoms with Gasteiger partial charge in [0.15, 0.2) is 5.69 Å². The standard InChI is InChI=1S/C14H18N2O2/c1-16-13-10-5-7-2-8(6-10)4-9(3-7)11(13)12(15-16)14(17)18/h7-10H,2-6H2,1H3,(H,17,18). The van der Waals surface area contributed by atoms with Crippen molar-refractivity contribution in [3.05, 3.63) is 17.0 Å². The third-order valence-corrected chi connectivity index (χ3v) is 5.27. The second-order valence-electron chi connectivity index (χ2n) is 6.38. The number of hydrogen-bond acceptors (Lipinski definition) is 2. The van der Waals surface area contributed by atoms with Crippen LogP contribution in [0.4, 0.5) is 0 Å². The maximum absolute atomic E-state index is 11.4. The molecule has 1 heterocycles. The van der Waals surface area contributed by atoms with E-state index in [9.17, 15) is 9.90 Å². The molecule has 0 aromatic carbocycles. The second kappa shape index (κ2) is 3.37. The van der Waals surface area contributed by atoms with Gasteiger partial charge in [0.05, 0.1) is 0 Å². The van der Waals surface area contributed by atoms with E-state index < -0.39 is 5.97 Å². The molecule has 5 rings (SSSR count). The number of carboxylic acid groups (broad SMARTS) is 1. The highest BCUT2D eigenvalue weighted by Gasteiger charge is 2.45. The van der Waals surface area contributed by atoms with E-state index >= 15 is 0 Å². The highest BCUT2D eigenvalue weighted by molar-refractivity contribution is 5.88. The minimum Gasteiger partial charge on any atom is -0.476 e. The average Bonchev–Trinajstić information content (AvgIpc) is 2.55. The van der Waals surface area contributed by atoms with Gasteiger partial charge in [-0.25, -0.2) is 4.79 Å². The van der Waals surface area contributed by atoms with Gasteiger partial charge in [0.25, 0.3) is 0 Å². The Morgan fingerprint density at radius 3 is 2.39 bits per heavy atom. The zero-order chi connectivity index (χ0) is 12.4. The largest absolute Gasteiger partial charge is 0.476 e. The molecule has 4 aliphatic rings. The molecule has 0 radical (unpaired) electrons. The van der Waals surface area contributed by atoms with Crippen LogP contribution in [-0.2, 0) is 7.05 Å². The summed E-state index contributed by atoms with van der Waals surface area (Å²) < 4.78 is 1.85. The zero-order valence-electron chi connectivity index (χ0n) is 10.6. The lowest BCUT2D eigenvalue weighted by Crippen LogP contribution is -2.26. The highest BCUT2D eigenvalue weighted by Crippen LogP contribution is 2.56. The first-order valence-corrected chi connectivity index (χ1v) is 6.93. The Labute approximate surface area is 106 Å². The van der Waals surface area contributed by atoms with Crippen molar-refractivity contribution in [2.45, 2.75) is 43.9 Å². The average molecular weight is 246 g/mol. The van der Waals surface area contributed by atoms with Crippen molar-refractivity contribution in [3.8, 4) is 0 Å². The summed E-state index contributed by atoms with van der Waals surface area (Å²) in [6, 6.07) is 0. The van der Waals surface area contributed by atoms with Crippen LogP contribution in [0.25, 0.3) is 0 Å². The monoisotopic (exact) mass is 246 g/mol. The first-order valence-electron chi connectivity index (χ1n) is 6.93. The van der Waals surface area contributed by atoms with Gasteiger partial charge in [-0.3, -0.25) is 4.68 Å². The van der Waals surface area contributed by atoms with E-state index in [2.05, 4.69) is 5.10 Å². The number of aromatic nitrogens is 2. The van der Waals surface area contributed by atoms with Crippen LogP contribution in [0.15, 0.2) is 0 Å². The lowest BCUT2D eigenvalue weighted by molar-refractivity contribution is 0.0686. The normalized spacial score (nSPS) is 36.5. The Balaban J connectivity index is 1.94. The van der Waals surface area contributed by atoms with Crippen molar-refractivity contribution in [1.29, 1.82) is 0 Å². The lowest BCUT2D eigenvalue weighted by Gasteiger charge is -2.38. The van der Waals surface area contributed by atoms with E-state index in [1.54, 1.807) is 0 Å². The molecule has 1 aromatic heterocycles. The molecule has 0 aliphatic heterocycles. The Kier molecular flexibility index (Phi) is 1.98. The van der Waals surface area contributed by atoms with Gasteiger partial charge in [0.2, 0.25) is 0 Å². The molecule has 0 saturated heterocycles. The second-order valence-corrected chi connectivity index (χ2v) is 6.38. The topological polar surface area (TPSA) is 55.1 Å². The third-order valence-electron chi connectivity index (χ3n) is 5.27. The van der Waals surface area contributed by atoms with E-state index in [0.717, 1.165) is 17.4 Å². The molecule has 18 heavy (non-hydrogen) atoms. The van der Waals surface area contributed by atoms with Crippen LogP contribution in [-0.4, -0.2) is 20.9 Å². The Bertz CT molecular complexity index is 520. The van der Waals surface area contributed by atoms with Crippen molar-refractivity contribution >= 4 is 5.97 Å². The number of rotatable bonds is 1. The summed E-state index contributed by atoms with van der Waals surface area (Å²) in [5.41, 5.74) is 2.65. The molecule has 4 heteroatoms. The SMILES string of the molecule is Cn1nc(C(=O)O)c2c1C1CC3CC(CC2C3)C1. The number of aryl methyl sites for hydroxylation is 1.